The molecule has 0 bridgehead atoms. The van der Waals surface area contributed by atoms with Gasteiger partial charge in [-0.3, -0.25) is 0 Å². The molecule has 0 radical (unpaired) electrons. The maximum atomic E-state index is 6.05. The average Bonchev–Trinajstić information content (AvgIpc) is 2.66. The summed E-state index contributed by atoms with van der Waals surface area (Å²) in [6, 6.07) is 6.06. The van der Waals surface area contributed by atoms with Crippen LogP contribution in [0.4, 0.5) is 0 Å². The standard InChI is InChI=1S/C13H15ClN2/c14-9-2-4-13-11(6-9)10-5-8(7-15)1-3-12(10)16-13/h2,4,6,8,16H,1,3,5,7,15H2/t8-/m1/s1. The molecule has 1 aliphatic carbocycles. The van der Waals surface area contributed by atoms with Crippen molar-refractivity contribution in [2.45, 2.75) is 19.3 Å². The molecule has 0 fully saturated rings. The van der Waals surface area contributed by atoms with Crippen molar-refractivity contribution in [2.75, 3.05) is 6.54 Å². The van der Waals surface area contributed by atoms with Crippen molar-refractivity contribution in [3.63, 3.8) is 0 Å². The van der Waals surface area contributed by atoms with Crippen molar-refractivity contribution in [1.82, 2.24) is 4.98 Å². The van der Waals surface area contributed by atoms with Crippen LogP contribution >= 0.6 is 11.6 Å². The van der Waals surface area contributed by atoms with Gasteiger partial charge in [0.15, 0.2) is 0 Å². The molecule has 1 atom stereocenters. The van der Waals surface area contributed by atoms with Crippen LogP contribution in [-0.4, -0.2) is 11.5 Å². The van der Waals surface area contributed by atoms with Crippen LogP contribution in [0, 0.1) is 5.92 Å². The van der Waals surface area contributed by atoms with Crippen LogP contribution in [0.3, 0.4) is 0 Å². The second-order valence-electron chi connectivity index (χ2n) is 4.62. The lowest BCUT2D eigenvalue weighted by Crippen LogP contribution is -2.21. The second-order valence-corrected chi connectivity index (χ2v) is 5.05. The summed E-state index contributed by atoms with van der Waals surface area (Å²) in [5, 5.41) is 2.09. The van der Waals surface area contributed by atoms with Crippen molar-refractivity contribution in [1.29, 1.82) is 0 Å². The maximum absolute atomic E-state index is 6.05. The number of fused-ring (bicyclic) bond motifs is 3. The number of aryl methyl sites for hydroxylation is 1. The third-order valence-corrected chi connectivity index (χ3v) is 3.82. The number of halogens is 1. The molecule has 1 aromatic heterocycles. The number of aromatic amines is 1. The van der Waals surface area contributed by atoms with Gasteiger partial charge in [0.2, 0.25) is 0 Å². The fraction of sp³-hybridized carbons (Fsp3) is 0.385. The quantitative estimate of drug-likeness (QED) is 0.783. The molecule has 3 N–H and O–H groups in total. The van der Waals surface area contributed by atoms with Crippen LogP contribution in [0.15, 0.2) is 18.2 Å². The highest BCUT2D eigenvalue weighted by Crippen LogP contribution is 2.32. The summed E-state index contributed by atoms with van der Waals surface area (Å²) in [5.74, 6) is 0.630. The molecular weight excluding hydrogens is 220 g/mol. The Morgan fingerprint density at radius 1 is 1.44 bits per heavy atom. The van der Waals surface area contributed by atoms with Gasteiger partial charge in [0.05, 0.1) is 0 Å². The third-order valence-electron chi connectivity index (χ3n) is 3.59. The minimum atomic E-state index is 0.630. The summed E-state index contributed by atoms with van der Waals surface area (Å²) >= 11 is 6.05. The molecule has 0 aliphatic heterocycles. The van der Waals surface area contributed by atoms with E-state index in [1.807, 2.05) is 6.07 Å². The lowest BCUT2D eigenvalue weighted by molar-refractivity contribution is 0.468. The van der Waals surface area contributed by atoms with E-state index in [2.05, 4.69) is 17.1 Å². The Kier molecular flexibility index (Phi) is 2.41. The van der Waals surface area contributed by atoms with E-state index in [1.54, 1.807) is 0 Å². The zero-order valence-corrected chi connectivity index (χ0v) is 9.85. The lowest BCUT2D eigenvalue weighted by atomic mass is 9.86. The Morgan fingerprint density at radius 3 is 3.12 bits per heavy atom. The summed E-state index contributed by atoms with van der Waals surface area (Å²) in [4.78, 5) is 3.49. The zero-order chi connectivity index (χ0) is 11.1. The van der Waals surface area contributed by atoms with Gasteiger partial charge in [-0.05, 0) is 55.5 Å². The molecule has 3 heteroatoms. The monoisotopic (exact) mass is 234 g/mol. The molecule has 2 nitrogen and oxygen atoms in total. The topological polar surface area (TPSA) is 41.8 Å². The summed E-state index contributed by atoms with van der Waals surface area (Å²) < 4.78 is 0. The maximum Gasteiger partial charge on any atom is 0.0460 e. The van der Waals surface area contributed by atoms with Crippen molar-refractivity contribution >= 4 is 22.5 Å². The normalized spacial score (nSPS) is 20.0. The van der Waals surface area contributed by atoms with Gasteiger partial charge in [0.25, 0.3) is 0 Å². The number of hydrogen-bond donors (Lipinski definition) is 2. The van der Waals surface area contributed by atoms with Crippen LogP contribution in [0.1, 0.15) is 17.7 Å². The van der Waals surface area contributed by atoms with Crippen LogP contribution in [0.5, 0.6) is 0 Å². The Labute approximate surface area is 99.8 Å². The van der Waals surface area contributed by atoms with E-state index in [0.29, 0.717) is 5.92 Å². The van der Waals surface area contributed by atoms with Crippen molar-refractivity contribution < 1.29 is 0 Å². The SMILES string of the molecule is NC[C@@H]1CCc2[nH]c3ccc(Cl)cc3c2C1. The van der Waals surface area contributed by atoms with Gasteiger partial charge in [0.1, 0.15) is 0 Å². The Balaban J connectivity index is 2.15. The summed E-state index contributed by atoms with van der Waals surface area (Å²) in [6.07, 6.45) is 3.40. The van der Waals surface area contributed by atoms with Crippen molar-refractivity contribution in [3.8, 4) is 0 Å². The zero-order valence-electron chi connectivity index (χ0n) is 9.09. The first-order chi connectivity index (χ1) is 7.78. The van der Waals surface area contributed by atoms with Gasteiger partial charge in [0, 0.05) is 21.6 Å². The van der Waals surface area contributed by atoms with Crippen LogP contribution in [-0.2, 0) is 12.8 Å². The first kappa shape index (κ1) is 10.2. The smallest absolute Gasteiger partial charge is 0.0460 e. The molecule has 2 aromatic rings. The number of rotatable bonds is 1. The van der Waals surface area contributed by atoms with Crippen molar-refractivity contribution in [3.05, 3.63) is 34.5 Å². The van der Waals surface area contributed by atoms with E-state index >= 15 is 0 Å². The Bertz CT molecular complexity index is 530. The van der Waals surface area contributed by atoms with Gasteiger partial charge in [-0.15, -0.1) is 0 Å². The molecule has 0 amide bonds. The Morgan fingerprint density at radius 2 is 2.31 bits per heavy atom. The summed E-state index contributed by atoms with van der Waals surface area (Å²) in [6.45, 7) is 0.784. The molecule has 84 valence electrons. The van der Waals surface area contributed by atoms with Crippen LogP contribution in [0.25, 0.3) is 10.9 Å². The molecule has 0 unspecified atom stereocenters. The van der Waals surface area contributed by atoms with E-state index < -0.39 is 0 Å². The molecule has 1 aliphatic rings. The lowest BCUT2D eigenvalue weighted by Gasteiger charge is -2.20. The van der Waals surface area contributed by atoms with Crippen LogP contribution < -0.4 is 5.73 Å². The van der Waals surface area contributed by atoms with Gasteiger partial charge < -0.3 is 10.7 Å². The predicted molar refractivity (Wildman–Crippen MR) is 67.9 cm³/mol. The fourth-order valence-corrected chi connectivity index (χ4v) is 2.83. The highest BCUT2D eigenvalue weighted by Gasteiger charge is 2.21. The highest BCUT2D eigenvalue weighted by atomic mass is 35.5. The Hall–Kier alpha value is -0.990. The van der Waals surface area contributed by atoms with Crippen LogP contribution in [0.2, 0.25) is 5.02 Å². The third kappa shape index (κ3) is 1.53. The number of aromatic nitrogens is 1. The average molecular weight is 235 g/mol. The largest absolute Gasteiger partial charge is 0.358 e. The number of nitrogens with one attached hydrogen (secondary N) is 1. The number of benzene rings is 1. The number of H-pyrrole nitrogens is 1. The molecular formula is C13H15ClN2. The van der Waals surface area contributed by atoms with Gasteiger partial charge in [-0.1, -0.05) is 11.6 Å². The van der Waals surface area contributed by atoms with Gasteiger partial charge >= 0.3 is 0 Å². The summed E-state index contributed by atoms with van der Waals surface area (Å²) in [7, 11) is 0. The second kappa shape index (κ2) is 3.79. The van der Waals surface area contributed by atoms with Crippen molar-refractivity contribution in [2.24, 2.45) is 11.7 Å². The predicted octanol–water partition coefficient (Wildman–Crippen LogP) is 2.88. The van der Waals surface area contributed by atoms with E-state index in [4.69, 9.17) is 17.3 Å². The highest BCUT2D eigenvalue weighted by molar-refractivity contribution is 6.31. The molecule has 0 saturated heterocycles. The van der Waals surface area contributed by atoms with E-state index in [0.717, 1.165) is 24.4 Å². The molecule has 1 aromatic carbocycles. The van der Waals surface area contributed by atoms with E-state index in [9.17, 15) is 0 Å². The van der Waals surface area contributed by atoms with E-state index in [1.165, 1.54) is 28.6 Å². The molecule has 0 spiro atoms. The number of hydrogen-bond acceptors (Lipinski definition) is 1. The minimum absolute atomic E-state index is 0.630. The molecule has 0 saturated carbocycles. The number of nitrogens with two attached hydrogens (primary N) is 1. The first-order valence-corrected chi connectivity index (χ1v) is 6.15. The first-order valence-electron chi connectivity index (χ1n) is 5.77. The fourth-order valence-electron chi connectivity index (χ4n) is 2.66. The van der Waals surface area contributed by atoms with Gasteiger partial charge in [-0.25, -0.2) is 0 Å². The molecule has 3 rings (SSSR count). The summed E-state index contributed by atoms with van der Waals surface area (Å²) in [5.41, 5.74) is 9.77. The molecule has 1 heterocycles. The minimum Gasteiger partial charge on any atom is -0.358 e. The van der Waals surface area contributed by atoms with E-state index in [-0.39, 0.29) is 0 Å². The van der Waals surface area contributed by atoms with Gasteiger partial charge in [-0.2, -0.15) is 0 Å². The molecule has 16 heavy (non-hydrogen) atoms.